The lowest BCUT2D eigenvalue weighted by Crippen LogP contribution is -2.24. The van der Waals surface area contributed by atoms with Crippen LogP contribution in [-0.4, -0.2) is 5.91 Å². The SMILES string of the molecule is Cc1cccc(CC(=O)NCc2ccccc2-c2ccsc2)c1. The molecule has 0 unspecified atom stereocenters. The Morgan fingerprint density at radius 1 is 1.09 bits per heavy atom. The molecule has 0 saturated carbocycles. The highest BCUT2D eigenvalue weighted by Gasteiger charge is 2.07. The Bertz CT molecular complexity index is 793. The molecule has 0 radical (unpaired) electrons. The molecular formula is C20H19NOS. The Morgan fingerprint density at radius 3 is 2.74 bits per heavy atom. The predicted octanol–water partition coefficient (Wildman–Crippen LogP) is 4.58. The van der Waals surface area contributed by atoms with Crippen LogP contribution in [0.1, 0.15) is 16.7 Å². The van der Waals surface area contributed by atoms with Crippen LogP contribution in [0.25, 0.3) is 11.1 Å². The van der Waals surface area contributed by atoms with Gasteiger partial charge in [0.15, 0.2) is 0 Å². The van der Waals surface area contributed by atoms with Gasteiger partial charge in [0.2, 0.25) is 5.91 Å². The Morgan fingerprint density at radius 2 is 1.96 bits per heavy atom. The van der Waals surface area contributed by atoms with Crippen molar-refractivity contribution in [3.63, 3.8) is 0 Å². The molecule has 1 aromatic heterocycles. The van der Waals surface area contributed by atoms with Gasteiger partial charge in [-0.25, -0.2) is 0 Å². The molecule has 23 heavy (non-hydrogen) atoms. The van der Waals surface area contributed by atoms with Crippen molar-refractivity contribution >= 4 is 17.2 Å². The van der Waals surface area contributed by atoms with Crippen LogP contribution >= 0.6 is 11.3 Å². The minimum Gasteiger partial charge on any atom is -0.352 e. The molecule has 1 amide bonds. The number of thiophene rings is 1. The van der Waals surface area contributed by atoms with Crippen molar-refractivity contribution in [3.05, 3.63) is 82.0 Å². The van der Waals surface area contributed by atoms with E-state index in [0.29, 0.717) is 13.0 Å². The summed E-state index contributed by atoms with van der Waals surface area (Å²) in [5, 5.41) is 7.24. The standard InChI is InChI=1S/C20H19NOS/c1-15-5-4-6-16(11-15)12-20(22)21-13-17-7-2-3-8-19(17)18-9-10-23-14-18/h2-11,14H,12-13H2,1H3,(H,21,22). The van der Waals surface area contributed by atoms with Gasteiger partial charge in [0.25, 0.3) is 0 Å². The van der Waals surface area contributed by atoms with E-state index in [1.54, 1.807) is 11.3 Å². The van der Waals surface area contributed by atoms with E-state index in [0.717, 1.165) is 11.1 Å². The minimum absolute atomic E-state index is 0.0516. The first-order valence-corrected chi connectivity index (χ1v) is 8.59. The summed E-state index contributed by atoms with van der Waals surface area (Å²) in [4.78, 5) is 12.2. The van der Waals surface area contributed by atoms with Gasteiger partial charge in [0.05, 0.1) is 6.42 Å². The molecule has 0 spiro atoms. The average molecular weight is 321 g/mol. The Balaban J connectivity index is 1.66. The quantitative estimate of drug-likeness (QED) is 0.732. The van der Waals surface area contributed by atoms with Crippen molar-refractivity contribution < 1.29 is 4.79 Å². The highest BCUT2D eigenvalue weighted by Crippen LogP contribution is 2.25. The number of carbonyl (C=O) groups excluding carboxylic acids is 1. The van der Waals surface area contributed by atoms with Crippen LogP contribution in [-0.2, 0) is 17.8 Å². The van der Waals surface area contributed by atoms with Crippen LogP contribution in [0.2, 0.25) is 0 Å². The summed E-state index contributed by atoms with van der Waals surface area (Å²) in [6, 6.07) is 18.4. The van der Waals surface area contributed by atoms with E-state index in [4.69, 9.17) is 0 Å². The zero-order chi connectivity index (χ0) is 16.1. The molecule has 2 aromatic carbocycles. The van der Waals surface area contributed by atoms with Crippen molar-refractivity contribution in [3.8, 4) is 11.1 Å². The second kappa shape index (κ2) is 7.25. The lowest BCUT2D eigenvalue weighted by atomic mass is 10.0. The molecule has 1 N–H and O–H groups in total. The van der Waals surface area contributed by atoms with Gasteiger partial charge in [0.1, 0.15) is 0 Å². The lowest BCUT2D eigenvalue weighted by molar-refractivity contribution is -0.120. The third kappa shape index (κ3) is 4.08. The molecule has 1 heterocycles. The number of amides is 1. The average Bonchev–Trinajstić information content (AvgIpc) is 3.07. The Kier molecular flexibility index (Phi) is 4.89. The molecule has 3 aromatic rings. The molecule has 0 aliphatic carbocycles. The van der Waals surface area contributed by atoms with Crippen LogP contribution in [0.4, 0.5) is 0 Å². The molecule has 0 aliphatic heterocycles. The molecule has 2 nitrogen and oxygen atoms in total. The van der Waals surface area contributed by atoms with Gasteiger partial charge in [-0.3, -0.25) is 4.79 Å². The summed E-state index contributed by atoms with van der Waals surface area (Å²) >= 11 is 1.68. The highest BCUT2D eigenvalue weighted by atomic mass is 32.1. The predicted molar refractivity (Wildman–Crippen MR) is 96.5 cm³/mol. The van der Waals surface area contributed by atoms with Crippen molar-refractivity contribution in [2.75, 3.05) is 0 Å². The zero-order valence-corrected chi connectivity index (χ0v) is 13.9. The Labute approximate surface area is 140 Å². The van der Waals surface area contributed by atoms with Gasteiger partial charge in [-0.2, -0.15) is 11.3 Å². The summed E-state index contributed by atoms with van der Waals surface area (Å²) < 4.78 is 0. The van der Waals surface area contributed by atoms with Gasteiger partial charge >= 0.3 is 0 Å². The van der Waals surface area contributed by atoms with E-state index in [1.165, 1.54) is 16.7 Å². The summed E-state index contributed by atoms with van der Waals surface area (Å²) in [5.41, 5.74) is 5.76. The molecule has 0 aliphatic rings. The maximum absolute atomic E-state index is 12.2. The van der Waals surface area contributed by atoms with E-state index in [9.17, 15) is 4.79 Å². The van der Waals surface area contributed by atoms with Gasteiger partial charge in [-0.05, 0) is 46.0 Å². The molecule has 116 valence electrons. The first-order valence-electron chi connectivity index (χ1n) is 7.65. The molecule has 3 rings (SSSR count). The van der Waals surface area contributed by atoms with Crippen LogP contribution in [0, 0.1) is 6.92 Å². The van der Waals surface area contributed by atoms with Crippen molar-refractivity contribution in [2.24, 2.45) is 0 Å². The summed E-state index contributed by atoms with van der Waals surface area (Å²) in [6.07, 6.45) is 0.419. The molecule has 0 fully saturated rings. The van der Waals surface area contributed by atoms with Crippen molar-refractivity contribution in [1.29, 1.82) is 0 Å². The fraction of sp³-hybridized carbons (Fsp3) is 0.150. The van der Waals surface area contributed by atoms with Crippen molar-refractivity contribution in [1.82, 2.24) is 5.32 Å². The third-order valence-electron chi connectivity index (χ3n) is 3.77. The van der Waals surface area contributed by atoms with Crippen LogP contribution in [0.15, 0.2) is 65.4 Å². The fourth-order valence-electron chi connectivity index (χ4n) is 2.64. The second-order valence-corrected chi connectivity index (χ2v) is 6.39. The number of benzene rings is 2. The van der Waals surface area contributed by atoms with Gasteiger partial charge in [-0.1, -0.05) is 54.1 Å². The summed E-state index contributed by atoms with van der Waals surface area (Å²) in [5.74, 6) is 0.0516. The molecule has 0 atom stereocenters. The van der Waals surface area contributed by atoms with Crippen LogP contribution < -0.4 is 5.32 Å². The molecule has 0 saturated heterocycles. The number of carbonyl (C=O) groups is 1. The fourth-order valence-corrected chi connectivity index (χ4v) is 3.29. The molecular weight excluding hydrogens is 302 g/mol. The largest absolute Gasteiger partial charge is 0.352 e. The van der Waals surface area contributed by atoms with E-state index >= 15 is 0 Å². The van der Waals surface area contributed by atoms with E-state index in [-0.39, 0.29) is 5.91 Å². The molecule has 0 bridgehead atoms. The van der Waals surface area contributed by atoms with Crippen LogP contribution in [0.5, 0.6) is 0 Å². The number of nitrogens with one attached hydrogen (secondary N) is 1. The first kappa shape index (κ1) is 15.5. The molecule has 3 heteroatoms. The lowest BCUT2D eigenvalue weighted by Gasteiger charge is -2.10. The first-order chi connectivity index (χ1) is 11.2. The Hall–Kier alpha value is -2.39. The monoisotopic (exact) mass is 321 g/mol. The smallest absolute Gasteiger partial charge is 0.224 e. The maximum Gasteiger partial charge on any atom is 0.224 e. The zero-order valence-electron chi connectivity index (χ0n) is 13.1. The van der Waals surface area contributed by atoms with E-state index in [2.05, 4.69) is 40.3 Å². The normalized spacial score (nSPS) is 10.5. The van der Waals surface area contributed by atoms with Gasteiger partial charge in [-0.15, -0.1) is 0 Å². The second-order valence-electron chi connectivity index (χ2n) is 5.61. The van der Waals surface area contributed by atoms with Crippen LogP contribution in [0.3, 0.4) is 0 Å². The topological polar surface area (TPSA) is 29.1 Å². The van der Waals surface area contributed by atoms with E-state index < -0.39 is 0 Å². The number of aryl methyl sites for hydroxylation is 1. The van der Waals surface area contributed by atoms with Crippen molar-refractivity contribution in [2.45, 2.75) is 19.9 Å². The highest BCUT2D eigenvalue weighted by molar-refractivity contribution is 7.08. The minimum atomic E-state index is 0.0516. The van der Waals surface area contributed by atoms with E-state index in [1.807, 2.05) is 37.3 Å². The van der Waals surface area contributed by atoms with Gasteiger partial charge in [0, 0.05) is 6.54 Å². The number of hydrogen-bond donors (Lipinski definition) is 1. The number of hydrogen-bond acceptors (Lipinski definition) is 2. The third-order valence-corrected chi connectivity index (χ3v) is 4.46. The number of rotatable bonds is 5. The summed E-state index contributed by atoms with van der Waals surface area (Å²) in [6.45, 7) is 2.59. The maximum atomic E-state index is 12.2. The summed E-state index contributed by atoms with van der Waals surface area (Å²) in [7, 11) is 0. The van der Waals surface area contributed by atoms with Gasteiger partial charge < -0.3 is 5.32 Å².